The van der Waals surface area contributed by atoms with Crippen molar-refractivity contribution < 1.29 is 31.4 Å². The van der Waals surface area contributed by atoms with Gasteiger partial charge in [0.05, 0.1) is 29.7 Å². The van der Waals surface area contributed by atoms with E-state index in [1.807, 2.05) is 0 Å². The Bertz CT molecular complexity index is 1350. The van der Waals surface area contributed by atoms with Crippen LogP contribution in [0, 0.1) is 0 Å². The molecular formula is C23H25NO7S2. The minimum atomic E-state index is -4.16. The van der Waals surface area contributed by atoms with Crippen LogP contribution in [0.3, 0.4) is 0 Å². The number of anilines is 1. The van der Waals surface area contributed by atoms with E-state index in [0.717, 1.165) is 6.07 Å². The quantitative estimate of drug-likeness (QED) is 0.454. The summed E-state index contributed by atoms with van der Waals surface area (Å²) in [6, 6.07) is 14.0. The number of hydrogen-bond acceptors (Lipinski definition) is 7. The van der Waals surface area contributed by atoms with Crippen molar-refractivity contribution in [2.75, 3.05) is 18.9 Å². The van der Waals surface area contributed by atoms with E-state index >= 15 is 0 Å². The summed E-state index contributed by atoms with van der Waals surface area (Å²) in [6.07, 6.45) is 0. The summed E-state index contributed by atoms with van der Waals surface area (Å²) in [5, 5.41) is 10.8. The molecule has 2 N–H and O–H groups in total. The molecule has 3 aromatic carbocycles. The van der Waals surface area contributed by atoms with Gasteiger partial charge in [-0.25, -0.2) is 16.8 Å². The topological polar surface area (TPSA) is 119 Å². The molecule has 0 aliphatic rings. The molecule has 3 rings (SSSR count). The molecule has 0 unspecified atom stereocenters. The highest BCUT2D eigenvalue weighted by Gasteiger charge is 2.26. The number of hydrogen-bond donors (Lipinski definition) is 2. The number of aromatic hydroxyl groups is 1. The lowest BCUT2D eigenvalue weighted by molar-refractivity contribution is 0.414. The van der Waals surface area contributed by atoms with Crippen molar-refractivity contribution in [2.45, 2.75) is 34.5 Å². The van der Waals surface area contributed by atoms with Crippen LogP contribution in [0.15, 0.2) is 75.4 Å². The van der Waals surface area contributed by atoms with E-state index in [4.69, 9.17) is 9.47 Å². The molecule has 0 saturated heterocycles. The first-order valence-electron chi connectivity index (χ1n) is 9.92. The van der Waals surface area contributed by atoms with Crippen LogP contribution in [0.25, 0.3) is 0 Å². The van der Waals surface area contributed by atoms with E-state index in [9.17, 15) is 21.9 Å². The van der Waals surface area contributed by atoms with Gasteiger partial charge < -0.3 is 14.6 Å². The fourth-order valence-electron chi connectivity index (χ4n) is 3.18. The molecule has 0 atom stereocenters. The van der Waals surface area contributed by atoms with Gasteiger partial charge in [-0.3, -0.25) is 4.72 Å². The molecule has 0 heterocycles. The Morgan fingerprint density at radius 3 is 1.73 bits per heavy atom. The van der Waals surface area contributed by atoms with Crippen LogP contribution < -0.4 is 14.2 Å². The lowest BCUT2D eigenvalue weighted by Crippen LogP contribution is -2.14. The third-order valence-electron chi connectivity index (χ3n) is 5.01. The van der Waals surface area contributed by atoms with Gasteiger partial charge in [-0.2, -0.15) is 0 Å². The summed E-state index contributed by atoms with van der Waals surface area (Å²) < 4.78 is 64.9. The molecule has 0 aromatic heterocycles. The Balaban J connectivity index is 2.10. The van der Waals surface area contributed by atoms with E-state index in [0.29, 0.717) is 11.5 Å². The van der Waals surface area contributed by atoms with Crippen LogP contribution in [0.1, 0.15) is 25.3 Å². The smallest absolute Gasteiger partial charge is 0.261 e. The zero-order valence-electron chi connectivity index (χ0n) is 18.6. The van der Waals surface area contributed by atoms with Crippen LogP contribution in [0.2, 0.25) is 0 Å². The van der Waals surface area contributed by atoms with Gasteiger partial charge in [0.15, 0.2) is 0 Å². The molecule has 176 valence electrons. The number of rotatable bonds is 8. The van der Waals surface area contributed by atoms with E-state index < -0.39 is 30.5 Å². The van der Waals surface area contributed by atoms with Crippen molar-refractivity contribution in [2.24, 2.45) is 0 Å². The minimum absolute atomic E-state index is 0.0133. The number of nitrogens with one attached hydrogen (secondary N) is 1. The van der Waals surface area contributed by atoms with Crippen molar-refractivity contribution >= 4 is 25.5 Å². The van der Waals surface area contributed by atoms with Gasteiger partial charge in [0.1, 0.15) is 22.1 Å². The number of phenols is 1. The first-order valence-corrected chi connectivity index (χ1v) is 12.9. The second-order valence-corrected chi connectivity index (χ2v) is 11.1. The van der Waals surface area contributed by atoms with Crippen molar-refractivity contribution in [1.29, 1.82) is 0 Å². The lowest BCUT2D eigenvalue weighted by atomic mass is 10.0. The molecule has 0 amide bonds. The lowest BCUT2D eigenvalue weighted by Gasteiger charge is -2.17. The predicted molar refractivity (Wildman–Crippen MR) is 124 cm³/mol. The summed E-state index contributed by atoms with van der Waals surface area (Å²) in [4.78, 5) is -0.489. The van der Waals surface area contributed by atoms with Crippen molar-refractivity contribution in [3.8, 4) is 17.2 Å². The van der Waals surface area contributed by atoms with Crippen LogP contribution >= 0.6 is 0 Å². The zero-order chi connectivity index (χ0) is 24.4. The highest BCUT2D eigenvalue weighted by atomic mass is 32.2. The van der Waals surface area contributed by atoms with Crippen molar-refractivity contribution in [3.05, 3.63) is 66.2 Å². The van der Waals surface area contributed by atoms with Gasteiger partial charge in [0.2, 0.25) is 9.84 Å². The van der Waals surface area contributed by atoms with Crippen LogP contribution in [0.5, 0.6) is 17.2 Å². The van der Waals surface area contributed by atoms with Gasteiger partial charge in [-0.15, -0.1) is 0 Å². The molecule has 0 fully saturated rings. The molecule has 0 aliphatic carbocycles. The highest BCUT2D eigenvalue weighted by molar-refractivity contribution is 7.92. The maximum absolute atomic E-state index is 13.3. The van der Waals surface area contributed by atoms with E-state index in [2.05, 4.69) is 4.72 Å². The SMILES string of the molecule is COc1ccc(S(=O)(=O)Nc2cc(C(C)C)c(O)c(S(=O)(=O)c3ccc(OC)cc3)c2)cc1. The summed E-state index contributed by atoms with van der Waals surface area (Å²) in [6.45, 7) is 3.53. The summed E-state index contributed by atoms with van der Waals surface area (Å²) >= 11 is 0. The van der Waals surface area contributed by atoms with Crippen LogP contribution in [-0.2, 0) is 19.9 Å². The van der Waals surface area contributed by atoms with Gasteiger partial charge in [0, 0.05) is 0 Å². The Morgan fingerprint density at radius 2 is 1.27 bits per heavy atom. The van der Waals surface area contributed by atoms with Gasteiger partial charge in [0.25, 0.3) is 10.0 Å². The normalized spacial score (nSPS) is 11.9. The second kappa shape index (κ2) is 9.32. The number of ether oxygens (including phenoxy) is 2. The Kier molecular flexibility index (Phi) is 6.89. The fraction of sp³-hybridized carbons (Fsp3) is 0.217. The molecule has 33 heavy (non-hydrogen) atoms. The molecular weight excluding hydrogens is 466 g/mol. The minimum Gasteiger partial charge on any atom is -0.506 e. The zero-order valence-corrected chi connectivity index (χ0v) is 20.2. The summed E-state index contributed by atoms with van der Waals surface area (Å²) in [7, 11) is -5.26. The van der Waals surface area contributed by atoms with E-state index in [1.54, 1.807) is 13.8 Å². The van der Waals surface area contributed by atoms with Crippen LogP contribution in [0.4, 0.5) is 5.69 Å². The molecule has 0 aliphatic heterocycles. The molecule has 0 spiro atoms. The summed E-state index contributed by atoms with van der Waals surface area (Å²) in [5.74, 6) is 0.268. The molecule has 10 heteroatoms. The maximum Gasteiger partial charge on any atom is 0.261 e. The first-order chi connectivity index (χ1) is 15.5. The Labute approximate surface area is 193 Å². The Hall–Kier alpha value is -3.24. The number of sulfone groups is 1. The molecule has 0 saturated carbocycles. The molecule has 3 aromatic rings. The molecule has 0 bridgehead atoms. The van der Waals surface area contributed by atoms with Gasteiger partial charge >= 0.3 is 0 Å². The second-order valence-electron chi connectivity index (χ2n) is 7.53. The maximum atomic E-state index is 13.3. The Morgan fingerprint density at radius 1 is 0.788 bits per heavy atom. The van der Waals surface area contributed by atoms with Crippen molar-refractivity contribution in [3.63, 3.8) is 0 Å². The van der Waals surface area contributed by atoms with Crippen LogP contribution in [-0.4, -0.2) is 36.2 Å². The van der Waals surface area contributed by atoms with Gasteiger partial charge in [-0.05, 0) is 72.1 Å². The van der Waals surface area contributed by atoms with E-state index in [1.165, 1.54) is 68.8 Å². The molecule has 8 nitrogen and oxygen atoms in total. The number of phenolic OH excluding ortho intramolecular Hbond substituents is 1. The largest absolute Gasteiger partial charge is 0.506 e. The van der Waals surface area contributed by atoms with E-state index in [-0.39, 0.29) is 27.0 Å². The highest BCUT2D eigenvalue weighted by Crippen LogP contribution is 2.38. The third kappa shape index (κ3) is 5.07. The number of methoxy groups -OCH3 is 2. The monoisotopic (exact) mass is 491 g/mol. The molecule has 0 radical (unpaired) electrons. The van der Waals surface area contributed by atoms with Gasteiger partial charge in [-0.1, -0.05) is 13.8 Å². The fourth-order valence-corrected chi connectivity index (χ4v) is 5.63. The average Bonchev–Trinajstić information content (AvgIpc) is 2.79. The standard InChI is InChI=1S/C23H25NO7S2/c1-15(2)21-13-16(24-33(28,29)20-11-7-18(31-4)8-12-20)14-22(23(21)25)32(26,27)19-9-5-17(30-3)6-10-19/h5-15,24-25H,1-4H3. The first kappa shape index (κ1) is 24.4. The van der Waals surface area contributed by atoms with Crippen molar-refractivity contribution in [1.82, 2.24) is 0 Å². The third-order valence-corrected chi connectivity index (χ3v) is 8.19. The number of sulfonamides is 1. The average molecular weight is 492 g/mol. The predicted octanol–water partition coefficient (Wildman–Crippen LogP) is 4.17. The number of benzene rings is 3. The summed E-state index contributed by atoms with van der Waals surface area (Å²) in [5.41, 5.74) is 0.302.